The Balaban J connectivity index is 1.68. The van der Waals surface area contributed by atoms with Crippen LogP contribution in [-0.4, -0.2) is 25.1 Å². The van der Waals surface area contributed by atoms with Crippen molar-refractivity contribution in [3.05, 3.63) is 77.6 Å². The van der Waals surface area contributed by atoms with Gasteiger partial charge in [-0.3, -0.25) is 9.78 Å². The number of nitrogens with zero attached hydrogens (tertiary/aromatic N) is 1. The first-order valence-electron chi connectivity index (χ1n) is 8.88. The Morgan fingerprint density at radius 1 is 1.00 bits per heavy atom. The number of amides is 1. The van der Waals surface area contributed by atoms with Gasteiger partial charge in [-0.2, -0.15) is 0 Å². The zero-order chi connectivity index (χ0) is 19.9. The van der Waals surface area contributed by atoms with Crippen LogP contribution in [0.2, 0.25) is 0 Å². The Morgan fingerprint density at radius 2 is 1.79 bits per heavy atom. The molecule has 0 aliphatic rings. The molecule has 3 aromatic rings. The van der Waals surface area contributed by atoms with Crippen LogP contribution in [0.25, 0.3) is 0 Å². The monoisotopic (exact) mass is 377 g/mol. The normalized spacial score (nSPS) is 10.2. The third kappa shape index (κ3) is 4.79. The number of rotatable bonds is 7. The molecule has 1 heterocycles. The summed E-state index contributed by atoms with van der Waals surface area (Å²) in [5.74, 6) is 1.27. The Bertz CT molecular complexity index is 955. The molecule has 6 nitrogen and oxygen atoms in total. The summed E-state index contributed by atoms with van der Waals surface area (Å²) >= 11 is 0. The van der Waals surface area contributed by atoms with Gasteiger partial charge in [-0.1, -0.05) is 18.2 Å². The molecule has 2 N–H and O–H groups in total. The highest BCUT2D eigenvalue weighted by atomic mass is 16.5. The number of pyridine rings is 1. The van der Waals surface area contributed by atoms with E-state index in [4.69, 9.17) is 9.47 Å². The highest BCUT2D eigenvalue weighted by Crippen LogP contribution is 2.28. The minimum Gasteiger partial charge on any atom is -0.497 e. The average molecular weight is 377 g/mol. The highest BCUT2D eigenvalue weighted by Gasteiger charge is 2.10. The van der Waals surface area contributed by atoms with Crippen molar-refractivity contribution in [1.82, 2.24) is 10.3 Å². The average Bonchev–Trinajstić information content (AvgIpc) is 2.73. The molecule has 6 heteroatoms. The van der Waals surface area contributed by atoms with Gasteiger partial charge in [-0.15, -0.1) is 0 Å². The predicted molar refractivity (Wildman–Crippen MR) is 109 cm³/mol. The fourth-order valence-electron chi connectivity index (χ4n) is 2.72. The fourth-order valence-corrected chi connectivity index (χ4v) is 2.72. The van der Waals surface area contributed by atoms with Crippen LogP contribution in [0.4, 0.5) is 11.4 Å². The van der Waals surface area contributed by atoms with Gasteiger partial charge in [-0.25, -0.2) is 0 Å². The maximum absolute atomic E-state index is 12.5. The molecule has 3 rings (SSSR count). The van der Waals surface area contributed by atoms with Gasteiger partial charge in [-0.05, 0) is 54.4 Å². The van der Waals surface area contributed by atoms with E-state index < -0.39 is 0 Å². The molecule has 0 saturated carbocycles. The molecular formula is C22H23N3O3. The van der Waals surface area contributed by atoms with Gasteiger partial charge in [0.25, 0.3) is 5.91 Å². The van der Waals surface area contributed by atoms with Gasteiger partial charge in [0, 0.05) is 18.4 Å². The topological polar surface area (TPSA) is 72.5 Å². The van der Waals surface area contributed by atoms with E-state index in [1.54, 1.807) is 26.5 Å². The molecule has 0 spiro atoms. The maximum Gasteiger partial charge on any atom is 0.270 e. The minimum atomic E-state index is -0.240. The van der Waals surface area contributed by atoms with Gasteiger partial charge in [0.2, 0.25) is 0 Å². The van der Waals surface area contributed by atoms with E-state index in [0.29, 0.717) is 12.2 Å². The summed E-state index contributed by atoms with van der Waals surface area (Å²) in [5, 5.41) is 6.17. The van der Waals surface area contributed by atoms with E-state index in [-0.39, 0.29) is 5.91 Å². The second-order valence-electron chi connectivity index (χ2n) is 6.29. The number of carbonyl (C=O) groups is 1. The third-order valence-corrected chi connectivity index (χ3v) is 4.24. The van der Waals surface area contributed by atoms with Gasteiger partial charge in [0.05, 0.1) is 19.9 Å². The standard InChI is InChI=1S/C22H23N3O3/c1-15-4-9-21(28-3)19(12-15)25-17-10-11-23-20(13-17)22(26)24-14-16-5-7-18(27-2)8-6-16/h4-13H,14H2,1-3H3,(H,23,25)(H,24,26). The molecular weight excluding hydrogens is 354 g/mol. The number of nitrogens with one attached hydrogen (secondary N) is 2. The molecule has 0 fully saturated rings. The molecule has 144 valence electrons. The lowest BCUT2D eigenvalue weighted by molar-refractivity contribution is 0.0946. The van der Waals surface area contributed by atoms with E-state index in [1.807, 2.05) is 55.5 Å². The van der Waals surface area contributed by atoms with Crippen LogP contribution < -0.4 is 20.1 Å². The molecule has 0 unspecified atom stereocenters. The lowest BCUT2D eigenvalue weighted by atomic mass is 10.2. The number of aryl methyl sites for hydroxylation is 1. The van der Waals surface area contributed by atoms with Gasteiger partial charge in [0.15, 0.2) is 0 Å². The lowest BCUT2D eigenvalue weighted by Gasteiger charge is -2.13. The van der Waals surface area contributed by atoms with E-state index in [1.165, 1.54) is 0 Å². The highest BCUT2D eigenvalue weighted by molar-refractivity contribution is 5.93. The van der Waals surface area contributed by atoms with Crippen molar-refractivity contribution in [3.63, 3.8) is 0 Å². The smallest absolute Gasteiger partial charge is 0.270 e. The second kappa shape index (κ2) is 8.90. The summed E-state index contributed by atoms with van der Waals surface area (Å²) in [6, 6.07) is 16.9. The first kappa shape index (κ1) is 19.2. The number of aromatic nitrogens is 1. The van der Waals surface area contributed by atoms with Crippen molar-refractivity contribution in [2.24, 2.45) is 0 Å². The summed E-state index contributed by atoms with van der Waals surface area (Å²) in [6.45, 7) is 2.42. The maximum atomic E-state index is 12.5. The summed E-state index contributed by atoms with van der Waals surface area (Å²) in [5.41, 5.74) is 4.01. The zero-order valence-corrected chi connectivity index (χ0v) is 16.2. The van der Waals surface area contributed by atoms with E-state index in [2.05, 4.69) is 15.6 Å². The molecule has 1 amide bonds. The first-order valence-corrected chi connectivity index (χ1v) is 8.88. The Hall–Kier alpha value is -3.54. The van der Waals surface area contributed by atoms with Crippen molar-refractivity contribution >= 4 is 17.3 Å². The van der Waals surface area contributed by atoms with Crippen molar-refractivity contribution < 1.29 is 14.3 Å². The molecule has 2 aromatic carbocycles. The van der Waals surface area contributed by atoms with Crippen molar-refractivity contribution in [1.29, 1.82) is 0 Å². The van der Waals surface area contributed by atoms with Gasteiger partial charge >= 0.3 is 0 Å². The molecule has 0 aliphatic carbocycles. The number of methoxy groups -OCH3 is 2. The van der Waals surface area contributed by atoms with E-state index in [9.17, 15) is 4.79 Å². The van der Waals surface area contributed by atoms with Crippen molar-refractivity contribution in [2.75, 3.05) is 19.5 Å². The number of ether oxygens (including phenoxy) is 2. The van der Waals surface area contributed by atoms with E-state index >= 15 is 0 Å². The molecule has 0 atom stereocenters. The molecule has 0 aliphatic heterocycles. The Kier molecular flexibility index (Phi) is 6.11. The number of anilines is 2. The number of hydrogen-bond acceptors (Lipinski definition) is 5. The van der Waals surface area contributed by atoms with Crippen LogP contribution in [-0.2, 0) is 6.54 Å². The molecule has 28 heavy (non-hydrogen) atoms. The summed E-state index contributed by atoms with van der Waals surface area (Å²) in [7, 11) is 3.25. The van der Waals surface area contributed by atoms with Crippen LogP contribution in [0.15, 0.2) is 60.8 Å². The third-order valence-electron chi connectivity index (χ3n) is 4.24. The van der Waals surface area contributed by atoms with Crippen molar-refractivity contribution in [2.45, 2.75) is 13.5 Å². The Labute approximate surface area is 164 Å². The molecule has 0 radical (unpaired) electrons. The molecule has 0 saturated heterocycles. The van der Waals surface area contributed by atoms with Crippen LogP contribution in [0, 0.1) is 6.92 Å². The number of carbonyl (C=O) groups excluding carboxylic acids is 1. The quantitative estimate of drug-likeness (QED) is 0.649. The van der Waals surface area contributed by atoms with Crippen molar-refractivity contribution in [3.8, 4) is 11.5 Å². The largest absolute Gasteiger partial charge is 0.497 e. The van der Waals surface area contributed by atoms with E-state index in [0.717, 1.165) is 34.0 Å². The summed E-state index contributed by atoms with van der Waals surface area (Å²) in [6.07, 6.45) is 1.60. The first-order chi connectivity index (χ1) is 13.6. The minimum absolute atomic E-state index is 0.240. The summed E-state index contributed by atoms with van der Waals surface area (Å²) < 4.78 is 10.5. The predicted octanol–water partition coefficient (Wildman–Crippen LogP) is 4.08. The van der Waals surface area contributed by atoms with Crippen LogP contribution in [0.3, 0.4) is 0 Å². The van der Waals surface area contributed by atoms with Gasteiger partial charge < -0.3 is 20.1 Å². The van der Waals surface area contributed by atoms with Crippen LogP contribution in [0.1, 0.15) is 21.6 Å². The van der Waals surface area contributed by atoms with Gasteiger partial charge in [0.1, 0.15) is 17.2 Å². The zero-order valence-electron chi connectivity index (χ0n) is 16.2. The molecule has 0 bridgehead atoms. The fraction of sp³-hybridized carbons (Fsp3) is 0.182. The number of benzene rings is 2. The summed E-state index contributed by atoms with van der Waals surface area (Å²) in [4.78, 5) is 16.6. The van der Waals surface area contributed by atoms with Crippen LogP contribution >= 0.6 is 0 Å². The number of hydrogen-bond donors (Lipinski definition) is 2. The lowest BCUT2D eigenvalue weighted by Crippen LogP contribution is -2.23. The Morgan fingerprint density at radius 3 is 2.50 bits per heavy atom. The second-order valence-corrected chi connectivity index (χ2v) is 6.29. The SMILES string of the molecule is COc1ccc(CNC(=O)c2cc(Nc3cc(C)ccc3OC)ccn2)cc1. The molecule has 1 aromatic heterocycles. The van der Waals surface area contributed by atoms with Crippen LogP contribution in [0.5, 0.6) is 11.5 Å².